The first-order valence-corrected chi connectivity index (χ1v) is 8.55. The summed E-state index contributed by atoms with van der Waals surface area (Å²) >= 11 is 0. The van der Waals surface area contributed by atoms with Crippen LogP contribution in [0.4, 0.5) is 5.69 Å². The highest BCUT2D eigenvalue weighted by Gasteiger charge is 2.18. The summed E-state index contributed by atoms with van der Waals surface area (Å²) in [6, 6.07) is 5.27. The molecular weight excluding hydrogens is 344 g/mol. The van der Waals surface area contributed by atoms with Gasteiger partial charge >= 0.3 is 5.97 Å². The Morgan fingerprint density at radius 2 is 1.78 bits per heavy atom. The number of carbonyl (C=O) groups is 2. The van der Waals surface area contributed by atoms with Gasteiger partial charge in [0.05, 0.1) is 0 Å². The summed E-state index contributed by atoms with van der Waals surface area (Å²) in [7, 11) is 0. The topological polar surface area (TPSA) is 105 Å². The number of ether oxygens (including phenoxy) is 1. The van der Waals surface area contributed by atoms with Gasteiger partial charge in [-0.1, -0.05) is 6.07 Å². The van der Waals surface area contributed by atoms with E-state index in [1.54, 1.807) is 52.2 Å². The first-order valence-electron chi connectivity index (χ1n) is 8.55. The Morgan fingerprint density at radius 1 is 1.15 bits per heavy atom. The number of esters is 1. The second-order valence-corrected chi connectivity index (χ2v) is 7.15. The van der Waals surface area contributed by atoms with Crippen molar-refractivity contribution < 1.29 is 14.3 Å². The molecule has 0 unspecified atom stereocenters. The van der Waals surface area contributed by atoms with E-state index in [2.05, 4.69) is 15.3 Å². The number of nitrogens with zero attached hydrogens (tertiary/aromatic N) is 2. The molecule has 0 radical (unpaired) electrons. The number of carbonyl (C=O) groups excluding carboxylic acids is 2. The number of benzene rings is 1. The highest BCUT2D eigenvalue weighted by molar-refractivity contribution is 6.45. The number of aryl methyl sites for hydroxylation is 1. The molecule has 2 N–H and O–H groups in total. The molecule has 0 bridgehead atoms. The van der Waals surface area contributed by atoms with E-state index in [4.69, 9.17) is 10.1 Å². The second kappa shape index (κ2) is 8.07. The second-order valence-electron chi connectivity index (χ2n) is 7.15. The lowest BCUT2D eigenvalue weighted by Gasteiger charge is -2.20. The van der Waals surface area contributed by atoms with Gasteiger partial charge in [-0.3, -0.25) is 15.0 Å². The number of rotatable bonds is 6. The molecule has 0 fully saturated rings. The van der Waals surface area contributed by atoms with Crippen molar-refractivity contribution in [3.05, 3.63) is 42.0 Å². The number of ketones is 1. The fraction of sp³-hybridized carbons (Fsp3) is 0.350. The third kappa shape index (κ3) is 5.70. The van der Waals surface area contributed by atoms with E-state index in [1.165, 1.54) is 6.92 Å². The van der Waals surface area contributed by atoms with Gasteiger partial charge in [0.25, 0.3) is 0 Å². The zero-order valence-corrected chi connectivity index (χ0v) is 16.2. The molecule has 0 aliphatic rings. The first-order chi connectivity index (χ1) is 12.6. The molecule has 1 aromatic carbocycles. The van der Waals surface area contributed by atoms with Crippen molar-refractivity contribution in [2.24, 2.45) is 0 Å². The molecule has 0 amide bonds. The fourth-order valence-corrected chi connectivity index (χ4v) is 2.36. The number of hydrogen-bond donors (Lipinski definition) is 2. The highest BCUT2D eigenvalue weighted by Crippen LogP contribution is 2.25. The van der Waals surface area contributed by atoms with E-state index in [9.17, 15) is 9.59 Å². The van der Waals surface area contributed by atoms with Gasteiger partial charge in [0.1, 0.15) is 23.7 Å². The maximum Gasteiger partial charge on any atom is 0.325 e. The van der Waals surface area contributed by atoms with Crippen LogP contribution in [0.15, 0.2) is 30.6 Å². The predicted molar refractivity (Wildman–Crippen MR) is 104 cm³/mol. The number of aromatic nitrogens is 2. The van der Waals surface area contributed by atoms with Gasteiger partial charge in [-0.2, -0.15) is 0 Å². The van der Waals surface area contributed by atoms with E-state index < -0.39 is 11.6 Å². The van der Waals surface area contributed by atoms with Crippen molar-refractivity contribution in [2.45, 2.75) is 40.2 Å². The van der Waals surface area contributed by atoms with Gasteiger partial charge in [0.2, 0.25) is 0 Å². The molecule has 2 aromatic rings. The number of anilines is 1. The minimum atomic E-state index is -0.580. The average Bonchev–Trinajstić information content (AvgIpc) is 2.58. The van der Waals surface area contributed by atoms with E-state index in [0.29, 0.717) is 17.1 Å². The first kappa shape index (κ1) is 20.2. The SMILES string of the molecule is CC(=O)C(=N)c1cc(-c2cnc(C)nc2)ccc1NCC(=O)OC(C)(C)C. The Hall–Kier alpha value is -3.09. The molecule has 27 heavy (non-hydrogen) atoms. The zero-order chi connectivity index (χ0) is 20.2. The maximum atomic E-state index is 11.9. The van der Waals surface area contributed by atoms with Crippen molar-refractivity contribution in [1.29, 1.82) is 5.41 Å². The Labute approximate surface area is 158 Å². The average molecular weight is 368 g/mol. The number of hydrogen-bond acceptors (Lipinski definition) is 7. The molecule has 0 spiro atoms. The largest absolute Gasteiger partial charge is 0.459 e. The minimum Gasteiger partial charge on any atom is -0.459 e. The summed E-state index contributed by atoms with van der Waals surface area (Å²) in [4.78, 5) is 32.0. The maximum absolute atomic E-state index is 11.9. The molecule has 2 rings (SSSR count). The summed E-state index contributed by atoms with van der Waals surface area (Å²) < 4.78 is 5.27. The van der Waals surface area contributed by atoms with Crippen LogP contribution < -0.4 is 5.32 Å². The van der Waals surface area contributed by atoms with Crippen LogP contribution in [0.1, 0.15) is 39.1 Å². The normalized spacial score (nSPS) is 11.0. The molecule has 7 heteroatoms. The van der Waals surface area contributed by atoms with Crippen LogP contribution >= 0.6 is 0 Å². The van der Waals surface area contributed by atoms with Crippen LogP contribution in [0.2, 0.25) is 0 Å². The third-order valence-electron chi connectivity index (χ3n) is 3.60. The molecule has 0 atom stereocenters. The molecular formula is C20H24N4O3. The number of nitrogens with one attached hydrogen (secondary N) is 2. The van der Waals surface area contributed by atoms with Gasteiger partial charge in [-0.05, 0) is 45.4 Å². The number of Topliss-reactive ketones (excluding diaryl/α,β-unsaturated/α-hetero) is 1. The van der Waals surface area contributed by atoms with Crippen LogP contribution in [0.3, 0.4) is 0 Å². The van der Waals surface area contributed by atoms with Crippen molar-refractivity contribution >= 4 is 23.2 Å². The lowest BCUT2D eigenvalue weighted by atomic mass is 9.99. The Morgan fingerprint density at radius 3 is 2.33 bits per heavy atom. The van der Waals surface area contributed by atoms with Gasteiger partial charge in [0.15, 0.2) is 5.78 Å². The summed E-state index contributed by atoms with van der Waals surface area (Å²) in [6.45, 7) is 8.44. The molecule has 7 nitrogen and oxygen atoms in total. The van der Waals surface area contributed by atoms with Crippen molar-refractivity contribution in [3.63, 3.8) is 0 Å². The Kier molecular flexibility index (Phi) is 6.05. The van der Waals surface area contributed by atoms with Crippen LogP contribution in [-0.2, 0) is 14.3 Å². The summed E-state index contributed by atoms with van der Waals surface area (Å²) in [5, 5.41) is 11.1. The van der Waals surface area contributed by atoms with Crippen molar-refractivity contribution in [2.75, 3.05) is 11.9 Å². The summed E-state index contributed by atoms with van der Waals surface area (Å²) in [5.41, 5.74) is 1.75. The van der Waals surface area contributed by atoms with E-state index in [0.717, 1.165) is 11.1 Å². The standard InChI is InChI=1S/C20H24N4O3/c1-12(25)19(21)16-8-14(15-9-22-13(2)23-10-15)6-7-17(16)24-11-18(26)27-20(3,4)5/h6-10,21,24H,11H2,1-5H3. The van der Waals surface area contributed by atoms with Crippen LogP contribution in [0.5, 0.6) is 0 Å². The van der Waals surface area contributed by atoms with Gasteiger partial charge in [0, 0.05) is 36.1 Å². The Balaban J connectivity index is 2.31. The van der Waals surface area contributed by atoms with Crippen molar-refractivity contribution in [1.82, 2.24) is 9.97 Å². The van der Waals surface area contributed by atoms with Crippen LogP contribution in [-0.4, -0.2) is 39.6 Å². The van der Waals surface area contributed by atoms with Gasteiger partial charge in [-0.25, -0.2) is 9.97 Å². The van der Waals surface area contributed by atoms with Crippen LogP contribution in [0.25, 0.3) is 11.1 Å². The van der Waals surface area contributed by atoms with Crippen molar-refractivity contribution in [3.8, 4) is 11.1 Å². The molecule has 142 valence electrons. The molecule has 0 saturated carbocycles. The monoisotopic (exact) mass is 368 g/mol. The van der Waals surface area contributed by atoms with E-state index in [-0.39, 0.29) is 18.0 Å². The minimum absolute atomic E-state index is 0.0670. The van der Waals surface area contributed by atoms with E-state index in [1.807, 2.05) is 6.07 Å². The molecule has 1 aromatic heterocycles. The molecule has 0 aliphatic carbocycles. The van der Waals surface area contributed by atoms with Gasteiger partial charge in [-0.15, -0.1) is 0 Å². The van der Waals surface area contributed by atoms with E-state index >= 15 is 0 Å². The summed E-state index contributed by atoms with van der Waals surface area (Å²) in [6.07, 6.45) is 3.37. The predicted octanol–water partition coefficient (Wildman–Crippen LogP) is 3.16. The Bertz CT molecular complexity index is 868. The van der Waals surface area contributed by atoms with Crippen LogP contribution in [0, 0.1) is 12.3 Å². The summed E-state index contributed by atoms with van der Waals surface area (Å²) in [5.74, 6) is -0.127. The van der Waals surface area contributed by atoms with Gasteiger partial charge < -0.3 is 10.1 Å². The third-order valence-corrected chi connectivity index (χ3v) is 3.60. The molecule has 0 saturated heterocycles. The molecule has 1 heterocycles. The lowest BCUT2D eigenvalue weighted by Crippen LogP contribution is -2.28. The molecule has 0 aliphatic heterocycles. The fourth-order valence-electron chi connectivity index (χ4n) is 2.36. The zero-order valence-electron chi connectivity index (χ0n) is 16.2. The smallest absolute Gasteiger partial charge is 0.325 e. The lowest BCUT2D eigenvalue weighted by molar-refractivity contribution is -0.152. The quantitative estimate of drug-likeness (QED) is 0.599. The highest BCUT2D eigenvalue weighted by atomic mass is 16.6.